The molecule has 1 N–H and O–H groups in total. The number of allylic oxidation sites excluding steroid dienone is 1. The van der Waals surface area contributed by atoms with Crippen LogP contribution in [0.2, 0.25) is 0 Å². The van der Waals surface area contributed by atoms with Crippen LogP contribution in [-0.2, 0) is 9.53 Å². The number of hydrogen-bond acceptors (Lipinski definition) is 8. The molecule has 1 aliphatic rings. The van der Waals surface area contributed by atoms with Crippen LogP contribution < -0.4 is 14.8 Å². The highest BCUT2D eigenvalue weighted by Crippen LogP contribution is 2.40. The van der Waals surface area contributed by atoms with Gasteiger partial charge in [-0.2, -0.15) is 4.68 Å². The van der Waals surface area contributed by atoms with Crippen molar-refractivity contribution in [3.8, 4) is 11.5 Å². The van der Waals surface area contributed by atoms with Gasteiger partial charge >= 0.3 is 5.97 Å². The Kier molecular flexibility index (Phi) is 6.13. The summed E-state index contributed by atoms with van der Waals surface area (Å²) < 4.78 is 17.9. The second kappa shape index (κ2) is 8.73. The van der Waals surface area contributed by atoms with Crippen LogP contribution in [0.4, 0.5) is 5.95 Å². The average molecular weight is 387 g/mol. The number of aromatic nitrogens is 4. The largest absolute Gasteiger partial charge is 0.497 e. The number of nitrogens with zero attached hydrogens (tertiary/aromatic N) is 4. The number of carbonyl (C=O) groups is 1. The number of anilines is 1. The number of benzene rings is 1. The third-order valence-electron chi connectivity index (χ3n) is 4.65. The fourth-order valence-corrected chi connectivity index (χ4v) is 3.20. The maximum absolute atomic E-state index is 12.9. The third-order valence-corrected chi connectivity index (χ3v) is 4.65. The highest BCUT2D eigenvalue weighted by molar-refractivity contribution is 5.92. The first kappa shape index (κ1) is 19.7. The molecule has 3 rings (SSSR count). The molecule has 9 heteroatoms. The van der Waals surface area contributed by atoms with Crippen molar-refractivity contribution in [3.05, 3.63) is 35.0 Å². The maximum Gasteiger partial charge on any atom is 0.338 e. The lowest BCUT2D eigenvalue weighted by Gasteiger charge is -2.28. The van der Waals surface area contributed by atoms with Crippen LogP contribution in [0.15, 0.2) is 29.5 Å². The second-order valence-corrected chi connectivity index (χ2v) is 6.46. The Morgan fingerprint density at radius 2 is 2.07 bits per heavy atom. The Balaban J connectivity index is 2.01. The minimum atomic E-state index is -0.578. The SMILES string of the molecule is CCCCCOC(=O)C1=C(C)Nc2nnnn2[C@H]1c1ccc(OC)cc1OC. The summed E-state index contributed by atoms with van der Waals surface area (Å²) in [6, 6.07) is 4.84. The predicted octanol–water partition coefficient (Wildman–Crippen LogP) is 2.71. The van der Waals surface area contributed by atoms with Crippen LogP contribution in [0.1, 0.15) is 44.7 Å². The van der Waals surface area contributed by atoms with Crippen LogP contribution >= 0.6 is 0 Å². The summed E-state index contributed by atoms with van der Waals surface area (Å²) in [6.07, 6.45) is 2.89. The fraction of sp³-hybridized carbons (Fsp3) is 0.474. The van der Waals surface area contributed by atoms with Gasteiger partial charge in [-0.25, -0.2) is 4.79 Å². The quantitative estimate of drug-likeness (QED) is 0.545. The Morgan fingerprint density at radius 1 is 1.25 bits per heavy atom. The summed E-state index contributed by atoms with van der Waals surface area (Å²) in [6.45, 7) is 4.28. The van der Waals surface area contributed by atoms with E-state index in [9.17, 15) is 4.79 Å². The van der Waals surface area contributed by atoms with E-state index in [0.29, 0.717) is 35.3 Å². The van der Waals surface area contributed by atoms with E-state index in [4.69, 9.17) is 14.2 Å². The molecule has 28 heavy (non-hydrogen) atoms. The first-order chi connectivity index (χ1) is 13.6. The van der Waals surface area contributed by atoms with E-state index in [1.54, 1.807) is 25.0 Å². The number of ether oxygens (including phenoxy) is 3. The van der Waals surface area contributed by atoms with Gasteiger partial charge in [0, 0.05) is 17.3 Å². The molecule has 2 aromatic rings. The Hall–Kier alpha value is -3.10. The maximum atomic E-state index is 12.9. The fourth-order valence-electron chi connectivity index (χ4n) is 3.20. The van der Waals surface area contributed by atoms with E-state index >= 15 is 0 Å². The van der Waals surface area contributed by atoms with E-state index < -0.39 is 12.0 Å². The molecule has 2 heterocycles. The first-order valence-electron chi connectivity index (χ1n) is 9.25. The molecule has 1 aromatic carbocycles. The van der Waals surface area contributed by atoms with Gasteiger partial charge in [-0.1, -0.05) is 24.9 Å². The number of fused-ring (bicyclic) bond motifs is 1. The Labute approximate surface area is 163 Å². The lowest BCUT2D eigenvalue weighted by molar-refractivity contribution is -0.139. The van der Waals surface area contributed by atoms with E-state index in [0.717, 1.165) is 24.8 Å². The first-order valence-corrected chi connectivity index (χ1v) is 9.25. The molecule has 1 atom stereocenters. The molecule has 1 aliphatic heterocycles. The van der Waals surface area contributed by atoms with Crippen LogP contribution in [-0.4, -0.2) is 47.0 Å². The number of nitrogens with one attached hydrogen (secondary N) is 1. The van der Waals surface area contributed by atoms with Gasteiger partial charge in [0.05, 0.1) is 26.4 Å². The van der Waals surface area contributed by atoms with Gasteiger partial charge in [0.25, 0.3) is 0 Å². The lowest BCUT2D eigenvalue weighted by Crippen LogP contribution is -2.30. The molecule has 0 unspecified atom stereocenters. The minimum Gasteiger partial charge on any atom is -0.497 e. The summed E-state index contributed by atoms with van der Waals surface area (Å²) >= 11 is 0. The van der Waals surface area contributed by atoms with E-state index in [2.05, 4.69) is 27.8 Å². The zero-order valence-electron chi connectivity index (χ0n) is 16.6. The number of tetrazole rings is 1. The summed E-state index contributed by atoms with van der Waals surface area (Å²) in [4.78, 5) is 12.9. The number of unbranched alkanes of at least 4 members (excludes halogenated alkanes) is 2. The van der Waals surface area contributed by atoms with Crippen molar-refractivity contribution in [2.45, 2.75) is 39.2 Å². The summed E-state index contributed by atoms with van der Waals surface area (Å²) in [5, 5.41) is 14.9. The molecule has 0 fully saturated rings. The van der Waals surface area contributed by atoms with Crippen LogP contribution in [0.3, 0.4) is 0 Å². The molecule has 0 spiro atoms. The number of esters is 1. The molecular weight excluding hydrogens is 362 g/mol. The van der Waals surface area contributed by atoms with Gasteiger partial charge in [0.1, 0.15) is 17.5 Å². The van der Waals surface area contributed by atoms with Crippen LogP contribution in [0.5, 0.6) is 11.5 Å². The summed E-state index contributed by atoms with van der Waals surface area (Å²) in [5.41, 5.74) is 1.82. The predicted molar refractivity (Wildman–Crippen MR) is 102 cm³/mol. The van der Waals surface area contributed by atoms with Gasteiger partial charge in [0.15, 0.2) is 0 Å². The number of hydrogen-bond donors (Lipinski definition) is 1. The van der Waals surface area contributed by atoms with Crippen molar-refractivity contribution in [3.63, 3.8) is 0 Å². The molecule has 150 valence electrons. The van der Waals surface area contributed by atoms with Gasteiger partial charge in [-0.05, 0) is 35.9 Å². The zero-order valence-corrected chi connectivity index (χ0v) is 16.6. The van der Waals surface area contributed by atoms with Crippen LogP contribution in [0.25, 0.3) is 0 Å². The topological polar surface area (TPSA) is 100 Å². The van der Waals surface area contributed by atoms with E-state index in [-0.39, 0.29) is 0 Å². The van der Waals surface area contributed by atoms with Crippen molar-refractivity contribution in [2.75, 3.05) is 26.1 Å². The monoisotopic (exact) mass is 387 g/mol. The van der Waals surface area contributed by atoms with Gasteiger partial charge in [-0.15, -0.1) is 0 Å². The molecule has 9 nitrogen and oxygen atoms in total. The Morgan fingerprint density at radius 3 is 2.79 bits per heavy atom. The number of carbonyl (C=O) groups excluding carboxylic acids is 1. The number of methoxy groups -OCH3 is 2. The molecule has 0 saturated heterocycles. The van der Waals surface area contributed by atoms with Crippen molar-refractivity contribution in [1.29, 1.82) is 0 Å². The lowest BCUT2D eigenvalue weighted by atomic mass is 9.95. The standard InChI is InChI=1S/C19H25N5O4/c1-5-6-7-10-28-18(25)16-12(2)20-19-21-22-23-24(19)17(16)14-9-8-13(26-3)11-15(14)27-4/h8-9,11,17H,5-7,10H2,1-4H3,(H,20,21,23)/t17-/m0/s1. The normalized spacial score (nSPS) is 15.6. The molecule has 0 saturated carbocycles. The molecule has 1 aromatic heterocycles. The van der Waals surface area contributed by atoms with Crippen molar-refractivity contribution in [1.82, 2.24) is 20.2 Å². The molecular formula is C19H25N5O4. The van der Waals surface area contributed by atoms with Gasteiger partial charge in [0.2, 0.25) is 5.95 Å². The van der Waals surface area contributed by atoms with Gasteiger partial charge in [-0.3, -0.25) is 0 Å². The summed E-state index contributed by atoms with van der Waals surface area (Å²) in [5.74, 6) is 1.26. The molecule has 0 aliphatic carbocycles. The second-order valence-electron chi connectivity index (χ2n) is 6.46. The smallest absolute Gasteiger partial charge is 0.338 e. The highest BCUT2D eigenvalue weighted by Gasteiger charge is 2.36. The highest BCUT2D eigenvalue weighted by atomic mass is 16.5. The zero-order chi connectivity index (χ0) is 20.1. The van der Waals surface area contributed by atoms with Crippen molar-refractivity contribution >= 4 is 11.9 Å². The van der Waals surface area contributed by atoms with Crippen molar-refractivity contribution in [2.24, 2.45) is 0 Å². The third kappa shape index (κ3) is 3.78. The number of rotatable bonds is 8. The molecule has 0 bridgehead atoms. The Bertz CT molecular complexity index is 877. The summed E-state index contributed by atoms with van der Waals surface area (Å²) in [7, 11) is 3.15. The van der Waals surface area contributed by atoms with Crippen LogP contribution in [0, 0.1) is 0 Å². The van der Waals surface area contributed by atoms with E-state index in [1.807, 2.05) is 19.1 Å². The van der Waals surface area contributed by atoms with Gasteiger partial charge < -0.3 is 19.5 Å². The minimum absolute atomic E-state index is 0.373. The molecule has 0 amide bonds. The van der Waals surface area contributed by atoms with Crippen molar-refractivity contribution < 1.29 is 19.0 Å². The van der Waals surface area contributed by atoms with E-state index in [1.165, 1.54) is 0 Å². The molecule has 0 radical (unpaired) electrons. The average Bonchev–Trinajstić information content (AvgIpc) is 3.17.